The van der Waals surface area contributed by atoms with Crippen molar-refractivity contribution in [2.75, 3.05) is 24.5 Å². The van der Waals surface area contributed by atoms with Crippen molar-refractivity contribution in [3.05, 3.63) is 30.0 Å². The summed E-state index contributed by atoms with van der Waals surface area (Å²) in [4.78, 5) is 2.24. The molecule has 5 nitrogen and oxygen atoms in total. The van der Waals surface area contributed by atoms with Gasteiger partial charge in [-0.3, -0.25) is 0 Å². The zero-order valence-electron chi connectivity index (χ0n) is 11.9. The second-order valence-electron chi connectivity index (χ2n) is 5.36. The van der Waals surface area contributed by atoms with Crippen molar-refractivity contribution in [2.45, 2.75) is 26.1 Å². The van der Waals surface area contributed by atoms with Gasteiger partial charge in [0.1, 0.15) is 0 Å². The lowest BCUT2D eigenvalue weighted by Crippen LogP contribution is -2.49. The number of ether oxygens (including phenoxy) is 1. The zero-order chi connectivity index (χ0) is 14.1. The normalized spacial score (nSPS) is 23.2. The molecule has 20 heavy (non-hydrogen) atoms. The third-order valence-corrected chi connectivity index (χ3v) is 3.74. The van der Waals surface area contributed by atoms with Crippen molar-refractivity contribution in [1.29, 1.82) is 0 Å². The lowest BCUT2D eigenvalue weighted by molar-refractivity contribution is -0.0106. The molecule has 1 aliphatic heterocycles. The van der Waals surface area contributed by atoms with E-state index in [1.165, 1.54) is 0 Å². The highest BCUT2D eigenvalue weighted by molar-refractivity contribution is 5.93. The smallest absolute Gasteiger partial charge is 0.159 e. The predicted octanol–water partition coefficient (Wildman–Crippen LogP) is 1.49. The fourth-order valence-corrected chi connectivity index (χ4v) is 2.81. The first kappa shape index (κ1) is 13.3. The molecule has 2 N–H and O–H groups in total. The third-order valence-electron chi connectivity index (χ3n) is 3.74. The molecule has 2 aromatic rings. The van der Waals surface area contributed by atoms with E-state index in [0.717, 1.165) is 35.4 Å². The van der Waals surface area contributed by atoms with Crippen LogP contribution in [0.15, 0.2) is 24.3 Å². The Morgan fingerprint density at radius 1 is 1.25 bits per heavy atom. The number of nitrogens with two attached hydrogens (primary N) is 1. The molecular weight excluding hydrogens is 252 g/mol. The van der Waals surface area contributed by atoms with Crippen LogP contribution in [-0.2, 0) is 4.74 Å². The predicted molar refractivity (Wildman–Crippen MR) is 79.9 cm³/mol. The summed E-state index contributed by atoms with van der Waals surface area (Å²) >= 11 is 0. The van der Waals surface area contributed by atoms with E-state index in [2.05, 4.69) is 34.2 Å². The maximum Gasteiger partial charge on any atom is 0.159 e. The van der Waals surface area contributed by atoms with Crippen molar-refractivity contribution >= 4 is 16.6 Å². The molecule has 2 unspecified atom stereocenters. The number of rotatable bonds is 2. The molecule has 0 aliphatic carbocycles. The summed E-state index contributed by atoms with van der Waals surface area (Å²) in [5.74, 6) is 0.930. The van der Waals surface area contributed by atoms with Crippen LogP contribution in [0.4, 0.5) is 5.82 Å². The number of hydrogen-bond acceptors (Lipinski definition) is 5. The van der Waals surface area contributed by atoms with Crippen LogP contribution in [0.1, 0.15) is 12.6 Å². The van der Waals surface area contributed by atoms with E-state index < -0.39 is 0 Å². The van der Waals surface area contributed by atoms with Gasteiger partial charge >= 0.3 is 0 Å². The van der Waals surface area contributed by atoms with Crippen LogP contribution in [0, 0.1) is 6.92 Å². The molecule has 1 aliphatic rings. The maximum absolute atomic E-state index is 5.81. The Kier molecular flexibility index (Phi) is 3.54. The quantitative estimate of drug-likeness (QED) is 0.897. The Hall–Kier alpha value is -1.72. The van der Waals surface area contributed by atoms with E-state index in [9.17, 15) is 0 Å². The van der Waals surface area contributed by atoms with Crippen LogP contribution < -0.4 is 10.6 Å². The van der Waals surface area contributed by atoms with Gasteiger partial charge < -0.3 is 15.4 Å². The summed E-state index contributed by atoms with van der Waals surface area (Å²) < 4.78 is 5.81. The average Bonchev–Trinajstić information content (AvgIpc) is 2.47. The summed E-state index contributed by atoms with van der Waals surface area (Å²) in [6, 6.07) is 8.26. The van der Waals surface area contributed by atoms with Gasteiger partial charge in [0.15, 0.2) is 5.82 Å². The van der Waals surface area contributed by atoms with E-state index in [1.54, 1.807) is 0 Å². The molecule has 2 atom stereocenters. The molecule has 0 amide bonds. The number of fused-ring (bicyclic) bond motifs is 1. The summed E-state index contributed by atoms with van der Waals surface area (Å²) in [7, 11) is 0. The van der Waals surface area contributed by atoms with Gasteiger partial charge in [-0.1, -0.05) is 24.3 Å². The largest absolute Gasteiger partial charge is 0.370 e. The Morgan fingerprint density at radius 2 is 2.00 bits per heavy atom. The highest BCUT2D eigenvalue weighted by atomic mass is 16.5. The van der Waals surface area contributed by atoms with Crippen LogP contribution in [-0.4, -0.2) is 42.0 Å². The van der Waals surface area contributed by atoms with Crippen LogP contribution >= 0.6 is 0 Å². The molecule has 0 saturated carbocycles. The number of anilines is 1. The Balaban J connectivity index is 2.03. The van der Waals surface area contributed by atoms with Gasteiger partial charge in [-0.15, -0.1) is 5.10 Å². The molecule has 1 saturated heterocycles. The molecule has 1 fully saturated rings. The van der Waals surface area contributed by atoms with E-state index in [1.807, 2.05) is 19.1 Å². The average molecular weight is 272 g/mol. The van der Waals surface area contributed by atoms with Crippen molar-refractivity contribution < 1.29 is 4.74 Å². The standard InChI is InChI=1S/C15H20N4O/c1-10-8-19(9-12(7-16)20-10)15-14-6-4-3-5-13(14)11(2)17-18-15/h3-6,10,12H,7-9,16H2,1-2H3. The van der Waals surface area contributed by atoms with Gasteiger partial charge in [0.25, 0.3) is 0 Å². The van der Waals surface area contributed by atoms with Crippen molar-refractivity contribution in [3.63, 3.8) is 0 Å². The topological polar surface area (TPSA) is 64.3 Å². The van der Waals surface area contributed by atoms with Crippen molar-refractivity contribution in [1.82, 2.24) is 10.2 Å². The molecule has 1 aromatic carbocycles. The lowest BCUT2D eigenvalue weighted by Gasteiger charge is -2.37. The van der Waals surface area contributed by atoms with E-state index in [4.69, 9.17) is 10.5 Å². The molecule has 0 bridgehead atoms. The van der Waals surface area contributed by atoms with Crippen LogP contribution in [0.5, 0.6) is 0 Å². The monoisotopic (exact) mass is 272 g/mol. The molecule has 3 rings (SSSR count). The second kappa shape index (κ2) is 5.34. The summed E-state index contributed by atoms with van der Waals surface area (Å²) in [5.41, 5.74) is 6.71. The highest BCUT2D eigenvalue weighted by Gasteiger charge is 2.26. The Labute approximate surface area is 118 Å². The van der Waals surface area contributed by atoms with E-state index >= 15 is 0 Å². The van der Waals surface area contributed by atoms with Gasteiger partial charge in [-0.2, -0.15) is 5.10 Å². The van der Waals surface area contributed by atoms with Gasteiger partial charge in [-0.25, -0.2) is 0 Å². The van der Waals surface area contributed by atoms with Crippen molar-refractivity contribution in [3.8, 4) is 0 Å². The first-order chi connectivity index (χ1) is 9.69. The molecule has 0 radical (unpaired) electrons. The molecule has 1 aromatic heterocycles. The highest BCUT2D eigenvalue weighted by Crippen LogP contribution is 2.27. The van der Waals surface area contributed by atoms with E-state index in [-0.39, 0.29) is 12.2 Å². The minimum absolute atomic E-state index is 0.0561. The van der Waals surface area contributed by atoms with Gasteiger partial charge in [0.2, 0.25) is 0 Å². The van der Waals surface area contributed by atoms with Crippen molar-refractivity contribution in [2.24, 2.45) is 5.73 Å². The number of benzene rings is 1. The molecule has 106 valence electrons. The van der Waals surface area contributed by atoms with Gasteiger partial charge in [0.05, 0.1) is 17.9 Å². The van der Waals surface area contributed by atoms with Crippen LogP contribution in [0.25, 0.3) is 10.8 Å². The molecule has 0 spiro atoms. The zero-order valence-corrected chi connectivity index (χ0v) is 11.9. The molecule has 5 heteroatoms. The van der Waals surface area contributed by atoms with Gasteiger partial charge in [-0.05, 0) is 13.8 Å². The number of morpholine rings is 1. The van der Waals surface area contributed by atoms with Crippen LogP contribution in [0.2, 0.25) is 0 Å². The SMILES string of the molecule is Cc1nnc(N2CC(C)OC(CN)C2)c2ccccc12. The number of hydrogen-bond donors (Lipinski definition) is 1. The minimum atomic E-state index is 0.0561. The summed E-state index contributed by atoms with van der Waals surface area (Å²) in [6.45, 7) is 6.17. The molecular formula is C15H20N4O. The first-order valence-corrected chi connectivity index (χ1v) is 7.01. The fraction of sp³-hybridized carbons (Fsp3) is 0.467. The second-order valence-corrected chi connectivity index (χ2v) is 5.36. The van der Waals surface area contributed by atoms with Gasteiger partial charge in [0, 0.05) is 30.4 Å². The molecule has 2 heterocycles. The first-order valence-electron chi connectivity index (χ1n) is 7.01. The fourth-order valence-electron chi connectivity index (χ4n) is 2.81. The number of aryl methyl sites for hydroxylation is 1. The number of aromatic nitrogens is 2. The summed E-state index contributed by atoms with van der Waals surface area (Å²) in [5, 5.41) is 11.0. The van der Waals surface area contributed by atoms with E-state index in [0.29, 0.717) is 6.54 Å². The van der Waals surface area contributed by atoms with Crippen LogP contribution in [0.3, 0.4) is 0 Å². The number of nitrogens with zero attached hydrogens (tertiary/aromatic N) is 3. The Bertz CT molecular complexity index is 616. The maximum atomic E-state index is 5.81. The third kappa shape index (κ3) is 2.34. The Morgan fingerprint density at radius 3 is 2.75 bits per heavy atom. The lowest BCUT2D eigenvalue weighted by atomic mass is 10.1. The minimum Gasteiger partial charge on any atom is -0.370 e. The summed E-state index contributed by atoms with van der Waals surface area (Å²) in [6.07, 6.45) is 0.208.